The molecule has 24 heavy (non-hydrogen) atoms. The van der Waals surface area contributed by atoms with Gasteiger partial charge in [0, 0.05) is 21.0 Å². The average Bonchev–Trinajstić information content (AvgIpc) is 3.05. The van der Waals surface area contributed by atoms with Gasteiger partial charge in [0.2, 0.25) is 0 Å². The summed E-state index contributed by atoms with van der Waals surface area (Å²) >= 11 is 4.75. The molecule has 0 atom stereocenters. The molecular weight excluding hydrogens is 384 g/mol. The normalized spacial score (nSPS) is 11.7. The second kappa shape index (κ2) is 7.00. The van der Waals surface area contributed by atoms with Crippen molar-refractivity contribution in [3.63, 3.8) is 0 Å². The molecule has 5 heteroatoms. The molecule has 3 rings (SSSR count). The Morgan fingerprint density at radius 2 is 1.88 bits per heavy atom. The maximum absolute atomic E-state index is 10.5. The van der Waals surface area contributed by atoms with Crippen molar-refractivity contribution in [2.24, 2.45) is 0 Å². The van der Waals surface area contributed by atoms with E-state index in [1.165, 1.54) is 11.3 Å². The molecule has 0 spiro atoms. The molecule has 0 unspecified atom stereocenters. The zero-order valence-electron chi connectivity index (χ0n) is 12.8. The van der Waals surface area contributed by atoms with Gasteiger partial charge in [-0.25, -0.2) is 4.98 Å². The van der Waals surface area contributed by atoms with Crippen molar-refractivity contribution in [3.8, 4) is 17.3 Å². The number of aromatic nitrogens is 1. The van der Waals surface area contributed by atoms with Crippen LogP contribution in [0.3, 0.4) is 0 Å². The van der Waals surface area contributed by atoms with Gasteiger partial charge < -0.3 is 5.11 Å². The Morgan fingerprint density at radius 3 is 2.58 bits per heavy atom. The van der Waals surface area contributed by atoms with E-state index < -0.39 is 0 Å². The Hall–Kier alpha value is -2.42. The Bertz CT molecular complexity index is 969. The first kappa shape index (κ1) is 16.4. The highest BCUT2D eigenvalue weighted by atomic mass is 79.9. The lowest BCUT2D eigenvalue weighted by Crippen LogP contribution is -1.91. The topological polar surface area (TPSA) is 56.9 Å². The van der Waals surface area contributed by atoms with Crippen LogP contribution in [-0.4, -0.2) is 10.1 Å². The summed E-state index contributed by atoms with van der Waals surface area (Å²) in [6.07, 6.45) is 0. The van der Waals surface area contributed by atoms with Crippen LogP contribution in [0, 0.1) is 18.3 Å². The molecule has 0 fully saturated rings. The fourth-order valence-corrected chi connectivity index (χ4v) is 3.65. The minimum atomic E-state index is -0.0735. The lowest BCUT2D eigenvalue weighted by molar-refractivity contribution is 0.513. The number of aliphatic hydroxyl groups is 1. The van der Waals surface area contributed by atoms with Crippen molar-refractivity contribution < 1.29 is 5.11 Å². The third-order valence-corrected chi connectivity index (χ3v) is 5.17. The van der Waals surface area contributed by atoms with E-state index in [0.29, 0.717) is 10.6 Å². The summed E-state index contributed by atoms with van der Waals surface area (Å²) in [5.41, 5.74) is 3.69. The van der Waals surface area contributed by atoms with Crippen molar-refractivity contribution in [1.82, 2.24) is 4.98 Å². The van der Waals surface area contributed by atoms with Crippen molar-refractivity contribution in [2.45, 2.75) is 6.92 Å². The van der Waals surface area contributed by atoms with Gasteiger partial charge in [0.05, 0.1) is 5.69 Å². The number of hydrogen-bond donors (Lipinski definition) is 1. The van der Waals surface area contributed by atoms with E-state index in [4.69, 9.17) is 0 Å². The molecule has 0 aliphatic rings. The molecule has 0 amide bonds. The fourth-order valence-electron chi connectivity index (χ4n) is 2.36. The standard InChI is InChI=1S/C19H13BrN2OS/c1-12-6-2-3-7-13(12)17-11-24-19(22-17)15(10-21)18(23)14-8-4-5-9-16(14)20/h2-9,11,23H,1H3. The van der Waals surface area contributed by atoms with Crippen LogP contribution in [0.25, 0.3) is 22.6 Å². The van der Waals surface area contributed by atoms with Crippen LogP contribution < -0.4 is 0 Å². The molecule has 0 saturated carbocycles. The van der Waals surface area contributed by atoms with Crippen LogP contribution in [-0.2, 0) is 0 Å². The van der Waals surface area contributed by atoms with Gasteiger partial charge in [0.1, 0.15) is 22.4 Å². The summed E-state index contributed by atoms with van der Waals surface area (Å²) in [5.74, 6) is -0.0735. The lowest BCUT2D eigenvalue weighted by Gasteiger charge is -2.05. The minimum Gasteiger partial charge on any atom is -0.506 e. The van der Waals surface area contributed by atoms with Gasteiger partial charge >= 0.3 is 0 Å². The zero-order chi connectivity index (χ0) is 17.1. The highest BCUT2D eigenvalue weighted by molar-refractivity contribution is 9.10. The Morgan fingerprint density at radius 1 is 1.17 bits per heavy atom. The average molecular weight is 397 g/mol. The van der Waals surface area contributed by atoms with E-state index in [0.717, 1.165) is 21.3 Å². The molecule has 1 aromatic heterocycles. The van der Waals surface area contributed by atoms with Gasteiger partial charge in [-0.1, -0.05) is 58.4 Å². The number of benzene rings is 2. The Balaban J connectivity index is 2.08. The van der Waals surface area contributed by atoms with E-state index in [-0.39, 0.29) is 11.3 Å². The largest absolute Gasteiger partial charge is 0.506 e. The molecule has 1 N–H and O–H groups in total. The van der Waals surface area contributed by atoms with Crippen LogP contribution >= 0.6 is 27.3 Å². The molecule has 2 aromatic carbocycles. The maximum atomic E-state index is 10.5. The number of aryl methyl sites for hydroxylation is 1. The third kappa shape index (κ3) is 3.12. The molecule has 0 aliphatic carbocycles. The number of thiazole rings is 1. The molecule has 0 bridgehead atoms. The van der Waals surface area contributed by atoms with Crippen LogP contribution in [0.15, 0.2) is 58.4 Å². The maximum Gasteiger partial charge on any atom is 0.144 e. The van der Waals surface area contributed by atoms with E-state index in [9.17, 15) is 10.4 Å². The van der Waals surface area contributed by atoms with E-state index in [2.05, 4.69) is 27.0 Å². The minimum absolute atomic E-state index is 0.0735. The lowest BCUT2D eigenvalue weighted by atomic mass is 10.1. The van der Waals surface area contributed by atoms with Crippen molar-refractivity contribution in [3.05, 3.63) is 74.5 Å². The third-order valence-electron chi connectivity index (χ3n) is 3.62. The van der Waals surface area contributed by atoms with Gasteiger partial charge in [-0.15, -0.1) is 11.3 Å². The highest BCUT2D eigenvalue weighted by Gasteiger charge is 2.17. The summed E-state index contributed by atoms with van der Waals surface area (Å²) in [4.78, 5) is 4.55. The number of rotatable bonds is 3. The molecular formula is C19H13BrN2OS. The summed E-state index contributed by atoms with van der Waals surface area (Å²) < 4.78 is 0.728. The number of hydrogen-bond acceptors (Lipinski definition) is 4. The van der Waals surface area contributed by atoms with Gasteiger partial charge in [0.15, 0.2) is 0 Å². The zero-order valence-corrected chi connectivity index (χ0v) is 15.2. The second-order valence-corrected chi connectivity index (χ2v) is 6.88. The predicted octanol–water partition coefficient (Wildman–Crippen LogP) is 5.83. The van der Waals surface area contributed by atoms with Gasteiger partial charge in [-0.2, -0.15) is 5.26 Å². The van der Waals surface area contributed by atoms with Crippen LogP contribution in [0.2, 0.25) is 0 Å². The number of allylic oxidation sites excluding steroid dienone is 1. The van der Waals surface area contributed by atoms with Crippen molar-refractivity contribution >= 4 is 38.6 Å². The first-order chi connectivity index (χ1) is 11.6. The fraction of sp³-hybridized carbons (Fsp3) is 0.0526. The monoisotopic (exact) mass is 396 g/mol. The van der Waals surface area contributed by atoms with Crippen molar-refractivity contribution in [1.29, 1.82) is 5.26 Å². The predicted molar refractivity (Wildman–Crippen MR) is 101 cm³/mol. The number of nitriles is 1. The smallest absolute Gasteiger partial charge is 0.144 e. The Labute approximate surface area is 152 Å². The van der Waals surface area contributed by atoms with E-state index in [1.807, 2.05) is 54.8 Å². The number of aliphatic hydroxyl groups excluding tert-OH is 1. The van der Waals surface area contributed by atoms with Gasteiger partial charge in [-0.05, 0) is 18.6 Å². The highest BCUT2D eigenvalue weighted by Crippen LogP contribution is 2.32. The molecule has 118 valence electrons. The Kier molecular flexibility index (Phi) is 4.79. The second-order valence-electron chi connectivity index (χ2n) is 5.17. The molecule has 0 saturated heterocycles. The molecule has 3 aromatic rings. The summed E-state index contributed by atoms with van der Waals surface area (Å²) in [7, 11) is 0. The molecule has 0 aliphatic heterocycles. The summed E-state index contributed by atoms with van der Waals surface area (Å²) in [6.45, 7) is 2.02. The molecule has 1 heterocycles. The summed E-state index contributed by atoms with van der Waals surface area (Å²) in [5, 5.41) is 22.5. The van der Waals surface area contributed by atoms with E-state index >= 15 is 0 Å². The molecule has 0 radical (unpaired) electrons. The van der Waals surface area contributed by atoms with E-state index in [1.54, 1.807) is 6.07 Å². The first-order valence-electron chi connectivity index (χ1n) is 7.22. The van der Waals surface area contributed by atoms with Crippen LogP contribution in [0.5, 0.6) is 0 Å². The van der Waals surface area contributed by atoms with Gasteiger partial charge in [0.25, 0.3) is 0 Å². The number of nitrogens with zero attached hydrogens (tertiary/aromatic N) is 2. The van der Waals surface area contributed by atoms with Crippen LogP contribution in [0.4, 0.5) is 0 Å². The molecule has 3 nitrogen and oxygen atoms in total. The van der Waals surface area contributed by atoms with Crippen molar-refractivity contribution in [2.75, 3.05) is 0 Å². The summed E-state index contributed by atoms with van der Waals surface area (Å²) in [6, 6.07) is 17.3. The first-order valence-corrected chi connectivity index (χ1v) is 8.89. The van der Waals surface area contributed by atoms with Gasteiger partial charge in [-0.3, -0.25) is 0 Å². The SMILES string of the molecule is Cc1ccccc1-c1csc(C(C#N)=C(O)c2ccccc2Br)n1. The van der Waals surface area contributed by atoms with Crippen LogP contribution in [0.1, 0.15) is 16.1 Å². The quantitative estimate of drug-likeness (QED) is 0.447. The number of halogens is 1.